The smallest absolute Gasteiger partial charge is 0.223 e. The highest BCUT2D eigenvalue weighted by Crippen LogP contribution is 2.30. The van der Waals surface area contributed by atoms with Gasteiger partial charge >= 0.3 is 0 Å². The lowest BCUT2D eigenvalue weighted by Gasteiger charge is -2.11. The van der Waals surface area contributed by atoms with E-state index in [1.807, 2.05) is 0 Å². The van der Waals surface area contributed by atoms with Gasteiger partial charge in [-0.05, 0) is 47.2 Å². The molecular formula is C13H11BrF2N2O. The van der Waals surface area contributed by atoms with Crippen LogP contribution in [0.5, 0.6) is 11.6 Å². The van der Waals surface area contributed by atoms with E-state index in [1.54, 1.807) is 7.05 Å². The molecule has 2 rings (SSSR count). The van der Waals surface area contributed by atoms with Crippen LogP contribution in [-0.2, 0) is 6.54 Å². The molecule has 0 atom stereocenters. The number of rotatable bonds is 4. The molecule has 6 heteroatoms. The molecule has 19 heavy (non-hydrogen) atoms. The van der Waals surface area contributed by atoms with Crippen molar-refractivity contribution in [2.24, 2.45) is 0 Å². The first kappa shape index (κ1) is 13.9. The van der Waals surface area contributed by atoms with E-state index in [0.717, 1.165) is 6.20 Å². The Kier molecular flexibility index (Phi) is 4.44. The summed E-state index contributed by atoms with van der Waals surface area (Å²) >= 11 is 3.20. The normalized spacial score (nSPS) is 10.5. The fourth-order valence-corrected chi connectivity index (χ4v) is 1.97. The first-order valence-electron chi connectivity index (χ1n) is 5.52. The second kappa shape index (κ2) is 6.08. The second-order valence-corrected chi connectivity index (χ2v) is 4.68. The topological polar surface area (TPSA) is 34.2 Å². The van der Waals surface area contributed by atoms with Crippen LogP contribution in [0.15, 0.2) is 34.9 Å². The molecule has 3 nitrogen and oxygen atoms in total. The average Bonchev–Trinajstić information content (AvgIpc) is 2.36. The Morgan fingerprint density at radius 2 is 2.05 bits per heavy atom. The molecule has 0 saturated carbocycles. The summed E-state index contributed by atoms with van der Waals surface area (Å²) in [5, 5.41) is 2.90. The lowest BCUT2D eigenvalue weighted by Crippen LogP contribution is -2.08. The van der Waals surface area contributed by atoms with Crippen LogP contribution in [0.25, 0.3) is 0 Å². The minimum Gasteiger partial charge on any atom is -0.438 e. The van der Waals surface area contributed by atoms with Crippen molar-refractivity contribution in [1.29, 1.82) is 0 Å². The largest absolute Gasteiger partial charge is 0.438 e. The highest BCUT2D eigenvalue weighted by atomic mass is 79.9. The zero-order valence-electron chi connectivity index (χ0n) is 10.1. The van der Waals surface area contributed by atoms with E-state index in [1.165, 1.54) is 24.3 Å². The Morgan fingerprint density at radius 3 is 2.74 bits per heavy atom. The van der Waals surface area contributed by atoms with Crippen molar-refractivity contribution in [2.45, 2.75) is 6.54 Å². The Labute approximate surface area is 117 Å². The molecule has 0 aliphatic carbocycles. The van der Waals surface area contributed by atoms with Crippen molar-refractivity contribution in [2.75, 3.05) is 7.05 Å². The fraction of sp³-hybridized carbons (Fsp3) is 0.154. The van der Waals surface area contributed by atoms with Crippen molar-refractivity contribution in [3.63, 3.8) is 0 Å². The minimum atomic E-state index is -0.434. The number of hydrogen-bond acceptors (Lipinski definition) is 3. The summed E-state index contributed by atoms with van der Waals surface area (Å²) in [5.74, 6) is -0.113. The third-order valence-electron chi connectivity index (χ3n) is 2.36. The summed E-state index contributed by atoms with van der Waals surface area (Å²) in [4.78, 5) is 3.90. The Morgan fingerprint density at radius 1 is 1.26 bits per heavy atom. The number of aromatic nitrogens is 1. The Bertz CT molecular complexity index is 593. The molecular weight excluding hydrogens is 318 g/mol. The van der Waals surface area contributed by atoms with Gasteiger partial charge < -0.3 is 10.1 Å². The molecule has 1 aromatic heterocycles. The summed E-state index contributed by atoms with van der Waals surface area (Å²) in [5.41, 5.74) is 0.582. The lowest BCUT2D eigenvalue weighted by atomic mass is 10.2. The van der Waals surface area contributed by atoms with Gasteiger partial charge in [-0.3, -0.25) is 0 Å². The standard InChI is InChI=1S/C13H11BrF2N2O/c1-17-6-8-4-10(16)7-18-13(8)19-12-3-2-9(15)5-11(12)14/h2-5,7,17H,6H2,1H3. The monoisotopic (exact) mass is 328 g/mol. The SMILES string of the molecule is CNCc1cc(F)cnc1Oc1ccc(F)cc1Br. The van der Waals surface area contributed by atoms with Crippen LogP contribution in [0.1, 0.15) is 5.56 Å². The molecule has 100 valence electrons. The molecule has 2 aromatic rings. The van der Waals surface area contributed by atoms with Gasteiger partial charge in [0.15, 0.2) is 0 Å². The van der Waals surface area contributed by atoms with Gasteiger partial charge in [0.05, 0.1) is 10.7 Å². The summed E-state index contributed by atoms with van der Waals surface area (Å²) in [7, 11) is 1.74. The lowest BCUT2D eigenvalue weighted by molar-refractivity contribution is 0.446. The van der Waals surface area contributed by atoms with E-state index in [0.29, 0.717) is 22.3 Å². The van der Waals surface area contributed by atoms with Crippen molar-refractivity contribution in [3.05, 3.63) is 52.1 Å². The number of hydrogen-bond donors (Lipinski definition) is 1. The molecule has 0 bridgehead atoms. The number of pyridine rings is 1. The second-order valence-electron chi connectivity index (χ2n) is 3.82. The number of nitrogens with one attached hydrogen (secondary N) is 1. The number of nitrogens with zero attached hydrogens (tertiary/aromatic N) is 1. The highest BCUT2D eigenvalue weighted by Gasteiger charge is 2.10. The predicted octanol–water partition coefficient (Wildman–Crippen LogP) is 3.63. The van der Waals surface area contributed by atoms with Crippen LogP contribution >= 0.6 is 15.9 Å². The maximum Gasteiger partial charge on any atom is 0.223 e. The fourth-order valence-electron chi connectivity index (χ4n) is 1.54. The molecule has 0 fully saturated rings. The van der Waals surface area contributed by atoms with Crippen molar-refractivity contribution in [3.8, 4) is 11.6 Å². The molecule has 0 radical (unpaired) electrons. The zero-order valence-corrected chi connectivity index (χ0v) is 11.7. The summed E-state index contributed by atoms with van der Waals surface area (Å²) < 4.78 is 32.2. The van der Waals surface area contributed by atoms with Crippen LogP contribution < -0.4 is 10.1 Å². The van der Waals surface area contributed by atoms with Gasteiger partial charge in [0, 0.05) is 12.1 Å². The molecule has 0 aliphatic heterocycles. The summed E-state index contributed by atoms with van der Waals surface area (Å²) in [6.45, 7) is 0.416. The summed E-state index contributed by atoms with van der Waals surface area (Å²) in [6, 6.07) is 5.39. The Balaban J connectivity index is 2.32. The highest BCUT2D eigenvalue weighted by molar-refractivity contribution is 9.10. The molecule has 0 unspecified atom stereocenters. The maximum absolute atomic E-state index is 13.1. The van der Waals surface area contributed by atoms with Crippen molar-refractivity contribution in [1.82, 2.24) is 10.3 Å². The minimum absolute atomic E-state index is 0.281. The number of benzene rings is 1. The van der Waals surface area contributed by atoms with Crippen LogP contribution in [0.3, 0.4) is 0 Å². The maximum atomic E-state index is 13.1. The van der Waals surface area contributed by atoms with Crippen LogP contribution in [0, 0.1) is 11.6 Å². The molecule has 1 aromatic carbocycles. The van der Waals surface area contributed by atoms with E-state index in [9.17, 15) is 8.78 Å². The van der Waals surface area contributed by atoms with Crippen molar-refractivity contribution >= 4 is 15.9 Å². The van der Waals surface area contributed by atoms with E-state index in [-0.39, 0.29) is 11.7 Å². The molecule has 1 N–H and O–H groups in total. The molecule has 0 saturated heterocycles. The third kappa shape index (κ3) is 3.48. The number of halogens is 3. The van der Waals surface area contributed by atoms with Gasteiger partial charge in [0.25, 0.3) is 0 Å². The molecule has 1 heterocycles. The first-order valence-corrected chi connectivity index (χ1v) is 6.31. The summed E-state index contributed by atoms with van der Waals surface area (Å²) in [6.07, 6.45) is 1.08. The van der Waals surface area contributed by atoms with Gasteiger partial charge in [-0.25, -0.2) is 13.8 Å². The predicted molar refractivity (Wildman–Crippen MR) is 71.1 cm³/mol. The van der Waals surface area contributed by atoms with E-state index < -0.39 is 5.82 Å². The van der Waals surface area contributed by atoms with Crippen LogP contribution in [0.4, 0.5) is 8.78 Å². The number of ether oxygens (including phenoxy) is 1. The first-order chi connectivity index (χ1) is 9.10. The van der Waals surface area contributed by atoms with Gasteiger partial charge in [0.1, 0.15) is 17.4 Å². The van der Waals surface area contributed by atoms with E-state index >= 15 is 0 Å². The van der Waals surface area contributed by atoms with Gasteiger partial charge in [-0.15, -0.1) is 0 Å². The Hall–Kier alpha value is -1.53. The van der Waals surface area contributed by atoms with Gasteiger partial charge in [-0.2, -0.15) is 0 Å². The van der Waals surface area contributed by atoms with Crippen LogP contribution in [0.2, 0.25) is 0 Å². The molecule has 0 amide bonds. The average molecular weight is 329 g/mol. The van der Waals surface area contributed by atoms with Gasteiger partial charge in [-0.1, -0.05) is 0 Å². The van der Waals surface area contributed by atoms with E-state index in [4.69, 9.17) is 4.74 Å². The third-order valence-corrected chi connectivity index (χ3v) is 2.98. The van der Waals surface area contributed by atoms with E-state index in [2.05, 4.69) is 26.2 Å². The van der Waals surface area contributed by atoms with Crippen LogP contribution in [-0.4, -0.2) is 12.0 Å². The van der Waals surface area contributed by atoms with Gasteiger partial charge in [0.2, 0.25) is 5.88 Å². The molecule has 0 spiro atoms. The zero-order chi connectivity index (χ0) is 13.8. The molecule has 0 aliphatic rings. The quantitative estimate of drug-likeness (QED) is 0.930. The van der Waals surface area contributed by atoms with Crippen molar-refractivity contribution < 1.29 is 13.5 Å².